The Hall–Kier alpha value is -2.97. The summed E-state index contributed by atoms with van der Waals surface area (Å²) in [4.78, 5) is 11.8. The third-order valence-electron chi connectivity index (χ3n) is 4.09. The van der Waals surface area contributed by atoms with Crippen LogP contribution < -0.4 is 5.32 Å². The van der Waals surface area contributed by atoms with Crippen LogP contribution in [0.2, 0.25) is 0 Å². The molecule has 1 fully saturated rings. The molecule has 0 spiro atoms. The minimum absolute atomic E-state index is 0.0944. The molecule has 0 atom stereocenters. The van der Waals surface area contributed by atoms with Crippen LogP contribution in [0.5, 0.6) is 0 Å². The Morgan fingerprint density at radius 2 is 1.72 bits per heavy atom. The standard InChI is InChI=1S/C16H13F3N6/c17-16(18,19)13-22-12(24-25-13)10-8-20-14(21-9-10)23-15(6-7-15)11-4-2-1-3-5-11/h1-5,8-9H,6-7H2,(H,20,21,23)(H,22,24,25). The minimum Gasteiger partial charge on any atom is -0.345 e. The monoisotopic (exact) mass is 346 g/mol. The van der Waals surface area contributed by atoms with E-state index in [4.69, 9.17) is 0 Å². The molecule has 9 heteroatoms. The van der Waals surface area contributed by atoms with E-state index in [-0.39, 0.29) is 11.4 Å². The number of alkyl halides is 3. The lowest BCUT2D eigenvalue weighted by molar-refractivity contribution is -0.144. The average Bonchev–Trinajstić information content (AvgIpc) is 3.20. The van der Waals surface area contributed by atoms with E-state index in [1.165, 1.54) is 12.4 Å². The third kappa shape index (κ3) is 3.04. The summed E-state index contributed by atoms with van der Waals surface area (Å²) in [6, 6.07) is 9.99. The van der Waals surface area contributed by atoms with Crippen molar-refractivity contribution in [2.75, 3.05) is 5.32 Å². The normalized spacial score (nSPS) is 15.8. The number of hydrogen-bond acceptors (Lipinski definition) is 5. The highest BCUT2D eigenvalue weighted by molar-refractivity contribution is 5.53. The molecule has 6 nitrogen and oxygen atoms in total. The molecule has 0 unspecified atom stereocenters. The summed E-state index contributed by atoms with van der Waals surface area (Å²) in [7, 11) is 0. The van der Waals surface area contributed by atoms with Gasteiger partial charge in [0.25, 0.3) is 0 Å². The van der Waals surface area contributed by atoms with Gasteiger partial charge in [-0.15, -0.1) is 0 Å². The van der Waals surface area contributed by atoms with E-state index in [9.17, 15) is 13.2 Å². The summed E-state index contributed by atoms with van der Waals surface area (Å²) in [6.45, 7) is 0. The number of H-pyrrole nitrogens is 1. The van der Waals surface area contributed by atoms with Crippen molar-refractivity contribution in [1.82, 2.24) is 25.1 Å². The first-order valence-corrected chi connectivity index (χ1v) is 7.62. The van der Waals surface area contributed by atoms with Gasteiger partial charge in [-0.3, -0.25) is 5.10 Å². The molecule has 2 aromatic heterocycles. The lowest BCUT2D eigenvalue weighted by Gasteiger charge is -2.17. The van der Waals surface area contributed by atoms with Crippen LogP contribution in [-0.2, 0) is 11.7 Å². The largest absolute Gasteiger partial charge is 0.451 e. The molecular weight excluding hydrogens is 333 g/mol. The van der Waals surface area contributed by atoms with Crippen LogP contribution in [0.15, 0.2) is 42.7 Å². The molecule has 0 aliphatic heterocycles. The fourth-order valence-electron chi connectivity index (χ4n) is 2.61. The number of benzene rings is 1. The van der Waals surface area contributed by atoms with Crippen LogP contribution in [0.4, 0.5) is 19.1 Å². The van der Waals surface area contributed by atoms with Gasteiger partial charge in [-0.2, -0.15) is 18.3 Å². The molecule has 1 aliphatic carbocycles. The highest BCUT2D eigenvalue weighted by atomic mass is 19.4. The Labute approximate surface area is 140 Å². The average molecular weight is 346 g/mol. The van der Waals surface area contributed by atoms with Crippen LogP contribution in [-0.4, -0.2) is 25.1 Å². The highest BCUT2D eigenvalue weighted by Crippen LogP contribution is 2.47. The molecule has 2 N–H and O–H groups in total. The fraction of sp³-hybridized carbons (Fsp3) is 0.250. The smallest absolute Gasteiger partial charge is 0.345 e. The van der Waals surface area contributed by atoms with Crippen LogP contribution >= 0.6 is 0 Å². The zero-order chi connectivity index (χ0) is 17.5. The molecular formula is C16H13F3N6. The first-order valence-electron chi connectivity index (χ1n) is 7.62. The Morgan fingerprint density at radius 1 is 1.04 bits per heavy atom. The lowest BCUT2D eigenvalue weighted by atomic mass is 10.1. The summed E-state index contributed by atoms with van der Waals surface area (Å²) < 4.78 is 37.7. The number of aromatic nitrogens is 5. The van der Waals surface area contributed by atoms with Crippen LogP contribution in [0.1, 0.15) is 24.2 Å². The molecule has 128 valence electrons. The Kier molecular flexibility index (Phi) is 3.45. The van der Waals surface area contributed by atoms with Gasteiger partial charge < -0.3 is 5.32 Å². The van der Waals surface area contributed by atoms with E-state index >= 15 is 0 Å². The van der Waals surface area contributed by atoms with Gasteiger partial charge in [0.1, 0.15) is 0 Å². The maximum Gasteiger partial charge on any atom is 0.451 e. The van der Waals surface area contributed by atoms with E-state index in [2.05, 4.69) is 25.4 Å². The van der Waals surface area contributed by atoms with Crippen molar-refractivity contribution in [3.63, 3.8) is 0 Å². The lowest BCUT2D eigenvalue weighted by Crippen LogP contribution is -2.20. The second-order valence-corrected chi connectivity index (χ2v) is 5.87. The third-order valence-corrected chi connectivity index (χ3v) is 4.09. The van der Waals surface area contributed by atoms with Gasteiger partial charge in [0.2, 0.25) is 11.8 Å². The molecule has 2 heterocycles. The second kappa shape index (κ2) is 5.54. The predicted molar refractivity (Wildman–Crippen MR) is 83.4 cm³/mol. The van der Waals surface area contributed by atoms with Crippen molar-refractivity contribution in [3.05, 3.63) is 54.1 Å². The van der Waals surface area contributed by atoms with Crippen molar-refractivity contribution in [2.45, 2.75) is 24.6 Å². The quantitative estimate of drug-likeness (QED) is 0.757. The molecule has 0 saturated heterocycles. The summed E-state index contributed by atoms with van der Waals surface area (Å²) in [5.74, 6) is -0.828. The predicted octanol–water partition coefficient (Wildman–Crippen LogP) is 3.38. The minimum atomic E-state index is -4.57. The summed E-state index contributed by atoms with van der Waals surface area (Å²) in [6.07, 6.45) is 0.178. The van der Waals surface area contributed by atoms with Gasteiger partial charge in [0.05, 0.1) is 11.1 Å². The van der Waals surface area contributed by atoms with Crippen molar-refractivity contribution in [3.8, 4) is 11.4 Å². The van der Waals surface area contributed by atoms with Gasteiger partial charge in [0.15, 0.2) is 5.82 Å². The van der Waals surface area contributed by atoms with E-state index < -0.39 is 12.0 Å². The molecule has 0 amide bonds. The zero-order valence-corrected chi connectivity index (χ0v) is 12.9. The van der Waals surface area contributed by atoms with Crippen molar-refractivity contribution < 1.29 is 13.2 Å². The van der Waals surface area contributed by atoms with Crippen molar-refractivity contribution in [1.29, 1.82) is 0 Å². The van der Waals surface area contributed by atoms with E-state index in [1.807, 2.05) is 35.4 Å². The summed E-state index contributed by atoms with van der Waals surface area (Å²) in [5.41, 5.74) is 1.30. The SMILES string of the molecule is FC(F)(F)c1nc(-c2cnc(NC3(c4ccccc4)CC3)nc2)n[nH]1. The number of halogens is 3. The number of nitrogens with one attached hydrogen (secondary N) is 2. The number of rotatable bonds is 4. The molecule has 3 aromatic rings. The van der Waals surface area contributed by atoms with Gasteiger partial charge in [-0.25, -0.2) is 15.0 Å². The topological polar surface area (TPSA) is 79.4 Å². The number of anilines is 1. The molecule has 0 bridgehead atoms. The maximum absolute atomic E-state index is 12.6. The number of hydrogen-bond donors (Lipinski definition) is 2. The second-order valence-electron chi connectivity index (χ2n) is 5.87. The number of aromatic amines is 1. The first kappa shape index (κ1) is 15.6. The highest BCUT2D eigenvalue weighted by Gasteiger charge is 2.44. The van der Waals surface area contributed by atoms with Gasteiger partial charge in [0, 0.05) is 12.4 Å². The Balaban J connectivity index is 1.52. The Bertz CT molecular complexity index is 869. The summed E-state index contributed by atoms with van der Waals surface area (Å²) >= 11 is 0. The fourth-order valence-corrected chi connectivity index (χ4v) is 2.61. The van der Waals surface area contributed by atoms with Crippen LogP contribution in [0.3, 0.4) is 0 Å². The van der Waals surface area contributed by atoms with E-state index in [0.29, 0.717) is 11.5 Å². The van der Waals surface area contributed by atoms with Crippen LogP contribution in [0.25, 0.3) is 11.4 Å². The Morgan fingerprint density at radius 3 is 2.28 bits per heavy atom. The summed E-state index contributed by atoms with van der Waals surface area (Å²) in [5, 5.41) is 8.73. The zero-order valence-electron chi connectivity index (χ0n) is 12.9. The molecule has 1 saturated carbocycles. The molecule has 4 rings (SSSR count). The van der Waals surface area contributed by atoms with Crippen LogP contribution in [0, 0.1) is 0 Å². The molecule has 1 aromatic carbocycles. The van der Waals surface area contributed by atoms with Gasteiger partial charge in [-0.1, -0.05) is 30.3 Å². The first-order chi connectivity index (χ1) is 12.0. The molecule has 25 heavy (non-hydrogen) atoms. The molecule has 0 radical (unpaired) electrons. The molecule has 1 aliphatic rings. The van der Waals surface area contributed by atoms with Gasteiger partial charge >= 0.3 is 6.18 Å². The maximum atomic E-state index is 12.6. The van der Waals surface area contributed by atoms with Crippen molar-refractivity contribution >= 4 is 5.95 Å². The number of nitrogens with zero attached hydrogens (tertiary/aromatic N) is 4. The van der Waals surface area contributed by atoms with Gasteiger partial charge in [-0.05, 0) is 18.4 Å². The van der Waals surface area contributed by atoms with E-state index in [0.717, 1.165) is 18.4 Å². The van der Waals surface area contributed by atoms with E-state index in [1.54, 1.807) is 0 Å². The van der Waals surface area contributed by atoms with Crippen molar-refractivity contribution in [2.24, 2.45) is 0 Å².